The molecular formula is C19H17N5O2S2. The molecule has 28 heavy (non-hydrogen) atoms. The second-order valence-electron chi connectivity index (χ2n) is 6.25. The molecule has 0 unspecified atom stereocenters. The average Bonchev–Trinajstić information content (AvgIpc) is 3.34. The zero-order chi connectivity index (χ0) is 19.3. The van der Waals surface area contributed by atoms with Crippen LogP contribution in [-0.4, -0.2) is 33.5 Å². The van der Waals surface area contributed by atoms with Gasteiger partial charge in [-0.15, -0.1) is 10.2 Å². The molecule has 4 rings (SSSR count). The lowest BCUT2D eigenvalue weighted by molar-refractivity contribution is -0.122. The summed E-state index contributed by atoms with van der Waals surface area (Å²) in [7, 11) is 0. The number of carbonyl (C=O) groups excluding carboxylic acids is 2. The highest BCUT2D eigenvalue weighted by Crippen LogP contribution is 2.30. The number of amides is 2. The van der Waals surface area contributed by atoms with Crippen LogP contribution in [0.4, 0.5) is 10.8 Å². The van der Waals surface area contributed by atoms with Crippen molar-refractivity contribution in [3.63, 3.8) is 0 Å². The van der Waals surface area contributed by atoms with Crippen molar-refractivity contribution in [3.05, 3.63) is 60.4 Å². The number of anilines is 2. The Kier molecular flexibility index (Phi) is 5.63. The van der Waals surface area contributed by atoms with Crippen LogP contribution in [0.3, 0.4) is 0 Å². The van der Waals surface area contributed by atoms with E-state index in [1.165, 1.54) is 11.3 Å². The van der Waals surface area contributed by atoms with Gasteiger partial charge in [0.2, 0.25) is 16.9 Å². The highest BCUT2D eigenvalue weighted by molar-refractivity contribution is 8.00. The Labute approximate surface area is 170 Å². The second kappa shape index (κ2) is 8.49. The van der Waals surface area contributed by atoms with E-state index in [1.54, 1.807) is 22.9 Å². The minimum Gasteiger partial charge on any atom is -0.312 e. The minimum atomic E-state index is -0.400. The van der Waals surface area contributed by atoms with Gasteiger partial charge in [0.25, 0.3) is 0 Å². The zero-order valence-corrected chi connectivity index (χ0v) is 16.4. The maximum absolute atomic E-state index is 12.6. The summed E-state index contributed by atoms with van der Waals surface area (Å²) in [6.07, 6.45) is 3.74. The van der Waals surface area contributed by atoms with Gasteiger partial charge in [-0.3, -0.25) is 14.6 Å². The molecule has 0 spiro atoms. The Hall–Kier alpha value is -2.78. The molecule has 0 bridgehead atoms. The van der Waals surface area contributed by atoms with E-state index in [4.69, 9.17) is 0 Å². The SMILES string of the molecule is O=C(Nc1nnc(SCc2cccnc2)s1)[C@H]1CC(=O)N(c2ccccc2)C1. The van der Waals surface area contributed by atoms with E-state index in [0.717, 1.165) is 21.3 Å². The number of aromatic nitrogens is 3. The van der Waals surface area contributed by atoms with Gasteiger partial charge < -0.3 is 10.2 Å². The molecule has 7 nitrogen and oxygen atoms in total. The van der Waals surface area contributed by atoms with Crippen molar-refractivity contribution in [1.82, 2.24) is 15.2 Å². The molecule has 1 atom stereocenters. The molecule has 9 heteroatoms. The van der Waals surface area contributed by atoms with Crippen molar-refractivity contribution >= 4 is 45.7 Å². The van der Waals surface area contributed by atoms with E-state index < -0.39 is 5.92 Å². The van der Waals surface area contributed by atoms with Crippen LogP contribution in [0, 0.1) is 5.92 Å². The summed E-state index contributed by atoms with van der Waals surface area (Å²) in [5.41, 5.74) is 1.91. The Balaban J connectivity index is 1.33. The maximum Gasteiger partial charge on any atom is 0.231 e. The van der Waals surface area contributed by atoms with Crippen molar-refractivity contribution in [2.24, 2.45) is 5.92 Å². The molecule has 1 saturated heterocycles. The third-order valence-corrected chi connectivity index (χ3v) is 6.33. The van der Waals surface area contributed by atoms with Crippen molar-refractivity contribution < 1.29 is 9.59 Å². The van der Waals surface area contributed by atoms with Gasteiger partial charge in [-0.25, -0.2) is 0 Å². The van der Waals surface area contributed by atoms with Gasteiger partial charge in [0, 0.05) is 36.8 Å². The van der Waals surface area contributed by atoms with Gasteiger partial charge in [-0.1, -0.05) is 47.4 Å². The van der Waals surface area contributed by atoms with Gasteiger partial charge in [-0.2, -0.15) is 0 Å². The molecule has 1 aliphatic heterocycles. The summed E-state index contributed by atoms with van der Waals surface area (Å²) >= 11 is 2.87. The van der Waals surface area contributed by atoms with Crippen molar-refractivity contribution in [2.75, 3.05) is 16.8 Å². The summed E-state index contributed by atoms with van der Waals surface area (Å²) in [5, 5.41) is 11.4. The summed E-state index contributed by atoms with van der Waals surface area (Å²) in [5.74, 6) is 0.0886. The van der Waals surface area contributed by atoms with Crippen LogP contribution in [0.25, 0.3) is 0 Å². The summed E-state index contributed by atoms with van der Waals surface area (Å²) in [6.45, 7) is 0.371. The number of rotatable bonds is 6. The highest BCUT2D eigenvalue weighted by atomic mass is 32.2. The normalized spacial score (nSPS) is 16.4. The number of para-hydroxylation sites is 1. The number of pyridine rings is 1. The molecule has 3 aromatic rings. The van der Waals surface area contributed by atoms with Crippen LogP contribution < -0.4 is 10.2 Å². The van der Waals surface area contributed by atoms with Gasteiger partial charge in [0.05, 0.1) is 5.92 Å². The minimum absolute atomic E-state index is 0.0451. The highest BCUT2D eigenvalue weighted by Gasteiger charge is 2.35. The van der Waals surface area contributed by atoms with E-state index in [2.05, 4.69) is 20.5 Å². The van der Waals surface area contributed by atoms with Crippen molar-refractivity contribution in [2.45, 2.75) is 16.5 Å². The third kappa shape index (κ3) is 4.37. The van der Waals surface area contributed by atoms with Crippen LogP contribution in [0.1, 0.15) is 12.0 Å². The number of hydrogen-bond donors (Lipinski definition) is 1. The lowest BCUT2D eigenvalue weighted by Crippen LogP contribution is -2.28. The van der Waals surface area contributed by atoms with Crippen molar-refractivity contribution in [1.29, 1.82) is 0 Å². The van der Waals surface area contributed by atoms with Gasteiger partial charge in [0.15, 0.2) is 4.34 Å². The average molecular weight is 412 g/mol. The molecule has 2 aromatic heterocycles. The number of thioether (sulfide) groups is 1. The number of nitrogens with one attached hydrogen (secondary N) is 1. The quantitative estimate of drug-likeness (QED) is 0.495. The molecule has 1 aliphatic rings. The van der Waals surface area contributed by atoms with Gasteiger partial charge in [0.1, 0.15) is 0 Å². The predicted octanol–water partition coefficient (Wildman–Crippen LogP) is 3.22. The number of carbonyl (C=O) groups is 2. The number of nitrogens with zero attached hydrogens (tertiary/aromatic N) is 4. The van der Waals surface area contributed by atoms with Gasteiger partial charge >= 0.3 is 0 Å². The molecule has 1 aromatic carbocycles. The van der Waals surface area contributed by atoms with E-state index in [9.17, 15) is 9.59 Å². The molecule has 0 radical (unpaired) electrons. The molecule has 3 heterocycles. The lowest BCUT2D eigenvalue weighted by Gasteiger charge is -2.16. The molecule has 1 fully saturated rings. The zero-order valence-electron chi connectivity index (χ0n) is 14.8. The first-order chi connectivity index (χ1) is 13.7. The van der Waals surface area contributed by atoms with Gasteiger partial charge in [-0.05, 0) is 23.8 Å². The van der Waals surface area contributed by atoms with Crippen LogP contribution >= 0.6 is 23.1 Å². The fourth-order valence-corrected chi connectivity index (χ4v) is 4.58. The predicted molar refractivity (Wildman–Crippen MR) is 109 cm³/mol. The Morgan fingerprint density at radius 1 is 1.21 bits per heavy atom. The second-order valence-corrected chi connectivity index (χ2v) is 8.45. The fourth-order valence-electron chi connectivity index (χ4n) is 2.90. The standard InChI is InChI=1S/C19H17N5O2S2/c25-16-9-14(11-24(16)15-6-2-1-3-7-15)17(26)21-18-22-23-19(28-18)27-12-13-5-4-8-20-10-13/h1-8,10,14H,9,11-12H2,(H,21,22,26)/t14-/m0/s1. The molecular weight excluding hydrogens is 394 g/mol. The van der Waals surface area contributed by atoms with E-state index in [-0.39, 0.29) is 18.2 Å². The van der Waals surface area contributed by atoms with Crippen LogP contribution in [-0.2, 0) is 15.3 Å². The number of hydrogen-bond acceptors (Lipinski definition) is 7. The van der Waals surface area contributed by atoms with E-state index in [1.807, 2.05) is 48.7 Å². The van der Waals surface area contributed by atoms with Crippen LogP contribution in [0.5, 0.6) is 0 Å². The first-order valence-electron chi connectivity index (χ1n) is 8.70. The Bertz CT molecular complexity index is 965. The largest absolute Gasteiger partial charge is 0.312 e. The number of benzene rings is 1. The maximum atomic E-state index is 12.6. The molecule has 0 aliphatic carbocycles. The molecule has 1 N–H and O–H groups in total. The summed E-state index contributed by atoms with van der Waals surface area (Å²) in [4.78, 5) is 30.6. The first-order valence-corrected chi connectivity index (χ1v) is 10.5. The smallest absolute Gasteiger partial charge is 0.231 e. The lowest BCUT2D eigenvalue weighted by atomic mass is 10.1. The summed E-state index contributed by atoms with van der Waals surface area (Å²) < 4.78 is 0.771. The molecule has 142 valence electrons. The molecule has 0 saturated carbocycles. The molecule has 2 amide bonds. The Morgan fingerprint density at radius 3 is 2.86 bits per heavy atom. The van der Waals surface area contributed by atoms with E-state index >= 15 is 0 Å². The summed E-state index contributed by atoms with van der Waals surface area (Å²) in [6, 6.07) is 13.3. The van der Waals surface area contributed by atoms with E-state index in [0.29, 0.717) is 11.7 Å². The van der Waals surface area contributed by atoms with Crippen LogP contribution in [0.2, 0.25) is 0 Å². The monoisotopic (exact) mass is 411 g/mol. The van der Waals surface area contributed by atoms with Crippen molar-refractivity contribution in [3.8, 4) is 0 Å². The fraction of sp³-hybridized carbons (Fsp3) is 0.211. The third-order valence-electron chi connectivity index (χ3n) is 4.29. The van der Waals surface area contributed by atoms with Crippen LogP contribution in [0.15, 0.2) is 59.2 Å². The Morgan fingerprint density at radius 2 is 2.07 bits per heavy atom. The topological polar surface area (TPSA) is 88.1 Å². The first kappa shape index (κ1) is 18.6.